The van der Waals surface area contributed by atoms with Crippen LogP contribution in [0.15, 0.2) is 37.1 Å². The van der Waals surface area contributed by atoms with Gasteiger partial charge in [0.15, 0.2) is 5.82 Å². The highest BCUT2D eigenvalue weighted by atomic mass is 19.4. The van der Waals surface area contributed by atoms with Crippen molar-refractivity contribution in [2.75, 3.05) is 18.4 Å². The topological polar surface area (TPSA) is 120 Å². The largest absolute Gasteiger partial charge is 0.419 e. The molecular weight excluding hydrogens is 499 g/mol. The summed E-state index contributed by atoms with van der Waals surface area (Å²) in [7, 11) is 0. The molecule has 1 saturated heterocycles. The Morgan fingerprint density at radius 2 is 1.84 bits per heavy atom. The number of piperidine rings is 1. The van der Waals surface area contributed by atoms with E-state index in [-0.39, 0.29) is 29.9 Å². The Morgan fingerprint density at radius 1 is 1.22 bits per heavy atom. The molecule has 0 bridgehead atoms. The van der Waals surface area contributed by atoms with Crippen LogP contribution >= 0.6 is 0 Å². The second-order valence-electron chi connectivity index (χ2n) is 9.04. The van der Waals surface area contributed by atoms with Gasteiger partial charge in [-0.2, -0.15) is 13.2 Å². The molecule has 3 heterocycles. The molecule has 1 amide bonds. The van der Waals surface area contributed by atoms with Crippen LogP contribution in [-0.2, 0) is 11.0 Å². The number of hydrogen-bond donors (Lipinski definition) is 3. The highest BCUT2D eigenvalue weighted by Gasteiger charge is 2.47. The first-order chi connectivity index (χ1) is 17.3. The highest BCUT2D eigenvalue weighted by molar-refractivity contribution is 6.54. The summed E-state index contributed by atoms with van der Waals surface area (Å²) in [6.07, 6.45) is 0.340. The van der Waals surface area contributed by atoms with Gasteiger partial charge in [-0.25, -0.2) is 28.7 Å². The van der Waals surface area contributed by atoms with Gasteiger partial charge in [-0.15, -0.1) is 0 Å². The van der Waals surface area contributed by atoms with Crippen molar-refractivity contribution in [2.24, 2.45) is 5.92 Å². The average molecular weight is 527 g/mol. The summed E-state index contributed by atoms with van der Waals surface area (Å²) < 4.78 is 67.4. The number of aromatic nitrogens is 4. The zero-order valence-corrected chi connectivity index (χ0v) is 20.4. The van der Waals surface area contributed by atoms with Crippen molar-refractivity contribution < 1.29 is 26.7 Å². The predicted molar refractivity (Wildman–Crippen MR) is 126 cm³/mol. The SMILES string of the molecule is CC(C)N/C=C(\C(=N)C(=O)N1CC(F)(F)CC(C)C1CNc1ncc(C(F)(F)F)cn1)c1ncccn1. The Bertz CT molecular complexity index is 1120. The number of carbonyl (C=O) groups is 1. The summed E-state index contributed by atoms with van der Waals surface area (Å²) in [4.78, 5) is 29.7. The predicted octanol–water partition coefficient (Wildman–Crippen LogP) is 3.63. The zero-order valence-electron chi connectivity index (χ0n) is 20.4. The Kier molecular flexibility index (Phi) is 8.39. The van der Waals surface area contributed by atoms with Gasteiger partial charge < -0.3 is 15.5 Å². The van der Waals surface area contributed by atoms with Crippen LogP contribution in [-0.4, -0.2) is 67.6 Å². The average Bonchev–Trinajstić information content (AvgIpc) is 2.82. The molecule has 0 spiro atoms. The van der Waals surface area contributed by atoms with Crippen molar-refractivity contribution >= 4 is 23.1 Å². The van der Waals surface area contributed by atoms with Crippen LogP contribution in [0.5, 0.6) is 0 Å². The second-order valence-corrected chi connectivity index (χ2v) is 9.04. The standard InChI is InChI=1S/C23H27F5N8O/c1-13(2)32-10-16(19-30-5-4-6-31-19)18(29)20(37)36-12-22(24,25)7-14(3)17(36)11-35-21-33-8-15(9-34-21)23(26,27)28/h4-6,8-10,13-14,17,29,32H,7,11-12H2,1-3H3,(H,33,34,35)/b16-10+,29-18?. The number of hydrogen-bond acceptors (Lipinski definition) is 8. The molecule has 1 aliphatic rings. The van der Waals surface area contributed by atoms with Crippen molar-refractivity contribution in [2.45, 2.75) is 51.4 Å². The van der Waals surface area contributed by atoms with Crippen molar-refractivity contribution in [1.82, 2.24) is 30.2 Å². The summed E-state index contributed by atoms with van der Waals surface area (Å²) in [5, 5.41) is 14.3. The van der Waals surface area contributed by atoms with Gasteiger partial charge in [-0.05, 0) is 25.8 Å². The van der Waals surface area contributed by atoms with Gasteiger partial charge in [-0.3, -0.25) is 10.2 Å². The van der Waals surface area contributed by atoms with E-state index >= 15 is 0 Å². The van der Waals surface area contributed by atoms with E-state index in [2.05, 4.69) is 30.6 Å². The lowest BCUT2D eigenvalue weighted by Crippen LogP contribution is -2.59. The molecule has 2 aromatic heterocycles. The minimum absolute atomic E-state index is 0.0265. The summed E-state index contributed by atoms with van der Waals surface area (Å²) in [5.74, 6) is -4.95. The van der Waals surface area contributed by atoms with E-state index in [9.17, 15) is 26.7 Å². The number of anilines is 1. The van der Waals surface area contributed by atoms with Gasteiger partial charge in [0.2, 0.25) is 5.95 Å². The Balaban J connectivity index is 1.85. The van der Waals surface area contributed by atoms with Gasteiger partial charge in [0.25, 0.3) is 11.8 Å². The molecule has 1 aliphatic heterocycles. The number of alkyl halides is 5. The molecule has 3 rings (SSSR count). The lowest BCUT2D eigenvalue weighted by Gasteiger charge is -2.43. The van der Waals surface area contributed by atoms with Crippen LogP contribution < -0.4 is 10.6 Å². The van der Waals surface area contributed by atoms with Crippen LogP contribution in [0.25, 0.3) is 5.57 Å². The quantitative estimate of drug-likeness (QED) is 0.355. The maximum atomic E-state index is 14.5. The molecule has 0 radical (unpaired) electrons. The van der Waals surface area contributed by atoms with E-state index in [1.807, 2.05) is 13.8 Å². The monoisotopic (exact) mass is 526 g/mol. The molecule has 3 N–H and O–H groups in total. The number of nitrogens with one attached hydrogen (secondary N) is 3. The van der Waals surface area contributed by atoms with Crippen LogP contribution in [0, 0.1) is 11.3 Å². The summed E-state index contributed by atoms with van der Waals surface area (Å²) in [6, 6.07) is 0.677. The highest BCUT2D eigenvalue weighted by Crippen LogP contribution is 2.35. The van der Waals surface area contributed by atoms with Crippen molar-refractivity contribution in [3.05, 3.63) is 48.4 Å². The number of halogens is 5. The van der Waals surface area contributed by atoms with Crippen LogP contribution in [0.4, 0.5) is 27.9 Å². The van der Waals surface area contributed by atoms with Crippen LogP contribution in [0.3, 0.4) is 0 Å². The second kappa shape index (κ2) is 11.1. The maximum absolute atomic E-state index is 14.5. The first kappa shape index (κ1) is 27.9. The zero-order chi connectivity index (χ0) is 27.4. The van der Waals surface area contributed by atoms with E-state index < -0.39 is 54.2 Å². The third-order valence-electron chi connectivity index (χ3n) is 5.64. The fourth-order valence-corrected chi connectivity index (χ4v) is 3.84. The summed E-state index contributed by atoms with van der Waals surface area (Å²) >= 11 is 0. The molecule has 37 heavy (non-hydrogen) atoms. The minimum atomic E-state index is -4.61. The smallest absolute Gasteiger partial charge is 0.388 e. The number of amides is 1. The lowest BCUT2D eigenvalue weighted by atomic mass is 9.87. The number of likely N-dealkylation sites (tertiary alicyclic amines) is 1. The van der Waals surface area contributed by atoms with Gasteiger partial charge in [-0.1, -0.05) is 6.92 Å². The van der Waals surface area contributed by atoms with E-state index in [1.165, 1.54) is 25.5 Å². The Labute approximate surface area is 210 Å². The van der Waals surface area contributed by atoms with E-state index in [1.54, 1.807) is 6.07 Å². The normalized spacial score (nSPS) is 20.0. The van der Waals surface area contributed by atoms with E-state index in [0.717, 1.165) is 4.90 Å². The lowest BCUT2D eigenvalue weighted by molar-refractivity contribution is -0.145. The summed E-state index contributed by atoms with van der Waals surface area (Å²) in [5.41, 5.74) is -1.59. The van der Waals surface area contributed by atoms with Gasteiger partial charge in [0.1, 0.15) is 5.71 Å². The number of nitrogens with zero attached hydrogens (tertiary/aromatic N) is 5. The van der Waals surface area contributed by atoms with Gasteiger partial charge in [0, 0.05) is 50.0 Å². The van der Waals surface area contributed by atoms with Crippen LogP contribution in [0.2, 0.25) is 0 Å². The fourth-order valence-electron chi connectivity index (χ4n) is 3.84. The molecule has 0 saturated carbocycles. The van der Waals surface area contributed by atoms with Crippen molar-refractivity contribution in [1.29, 1.82) is 5.41 Å². The first-order valence-corrected chi connectivity index (χ1v) is 11.4. The number of carbonyl (C=O) groups excluding carboxylic acids is 1. The molecule has 2 unspecified atom stereocenters. The molecule has 1 fully saturated rings. The molecule has 9 nitrogen and oxygen atoms in total. The van der Waals surface area contributed by atoms with E-state index in [4.69, 9.17) is 5.41 Å². The minimum Gasteiger partial charge on any atom is -0.388 e. The summed E-state index contributed by atoms with van der Waals surface area (Å²) in [6.45, 7) is 4.16. The molecule has 2 aromatic rings. The first-order valence-electron chi connectivity index (χ1n) is 11.4. The fraction of sp³-hybridized carbons (Fsp3) is 0.478. The van der Waals surface area contributed by atoms with E-state index in [0.29, 0.717) is 12.4 Å². The van der Waals surface area contributed by atoms with Crippen molar-refractivity contribution in [3.8, 4) is 0 Å². The van der Waals surface area contributed by atoms with Gasteiger partial charge >= 0.3 is 6.18 Å². The van der Waals surface area contributed by atoms with Gasteiger partial charge in [0.05, 0.1) is 23.7 Å². The molecular formula is C23H27F5N8O. The maximum Gasteiger partial charge on any atom is 0.419 e. The molecule has 0 aliphatic carbocycles. The third-order valence-corrected chi connectivity index (χ3v) is 5.64. The molecule has 2 atom stereocenters. The Morgan fingerprint density at radius 3 is 2.41 bits per heavy atom. The molecule has 14 heteroatoms. The molecule has 200 valence electrons. The number of rotatable bonds is 8. The Hall–Kier alpha value is -3.71. The van der Waals surface area contributed by atoms with Crippen LogP contribution in [0.1, 0.15) is 38.6 Å². The molecule has 0 aromatic carbocycles. The third kappa shape index (κ3) is 7.17. The van der Waals surface area contributed by atoms with Crippen molar-refractivity contribution in [3.63, 3.8) is 0 Å².